The van der Waals surface area contributed by atoms with Crippen LogP contribution in [0.15, 0.2) is 60.7 Å². The second-order valence-corrected chi connectivity index (χ2v) is 5.96. The molecule has 0 N–H and O–H groups in total. The van der Waals surface area contributed by atoms with Crippen LogP contribution in [-0.2, 0) is 0 Å². The summed E-state index contributed by atoms with van der Waals surface area (Å²) < 4.78 is 0. The predicted octanol–water partition coefficient (Wildman–Crippen LogP) is 3.01. The van der Waals surface area contributed by atoms with E-state index in [-0.39, 0.29) is 0 Å². The molecule has 0 aliphatic rings. The van der Waals surface area contributed by atoms with Gasteiger partial charge in [0.25, 0.3) is 0 Å². The molecule has 0 fully saturated rings. The highest BCUT2D eigenvalue weighted by Gasteiger charge is 2.18. The summed E-state index contributed by atoms with van der Waals surface area (Å²) in [5.41, 5.74) is 0. The highest BCUT2D eigenvalue weighted by molar-refractivity contribution is 7.95. The van der Waals surface area contributed by atoms with Crippen molar-refractivity contribution in [2.24, 2.45) is 0 Å². The highest BCUT2D eigenvalue weighted by Crippen LogP contribution is 2.38. The minimum absolute atomic E-state index is 1.07. The monoisotopic (exact) mass is 221 g/mol. The van der Waals surface area contributed by atoms with Crippen molar-refractivity contribution in [2.45, 2.75) is 0 Å². The van der Waals surface area contributed by atoms with Crippen molar-refractivity contribution < 1.29 is 0 Å². The molecule has 2 heteroatoms. The van der Waals surface area contributed by atoms with Crippen LogP contribution in [0.4, 0.5) is 0 Å². The molecule has 2 aromatic carbocycles. The summed E-state index contributed by atoms with van der Waals surface area (Å²) in [6, 6.07) is 20.5. The van der Waals surface area contributed by atoms with Crippen LogP contribution in [0.2, 0.25) is 0 Å². The second-order valence-electron chi connectivity index (χ2n) is 3.05. The first-order valence-electron chi connectivity index (χ1n) is 4.51. The van der Waals surface area contributed by atoms with Gasteiger partial charge in [-0.3, -0.25) is 0 Å². The molecule has 0 unspecified atom stereocenters. The summed E-state index contributed by atoms with van der Waals surface area (Å²) >= 11 is 6.43. The van der Waals surface area contributed by atoms with Gasteiger partial charge in [0, 0.05) is 0 Å². The molecular weight excluding hydrogens is 211 g/mol. The van der Waals surface area contributed by atoms with E-state index >= 15 is 0 Å². The van der Waals surface area contributed by atoms with Gasteiger partial charge in [-0.05, 0) is 24.3 Å². The number of benzene rings is 2. The molecular formula is C12H11ClP+. The third-order valence-corrected chi connectivity index (χ3v) is 5.04. The Kier molecular flexibility index (Phi) is 3.18. The molecule has 0 aromatic heterocycles. The average molecular weight is 222 g/mol. The maximum Gasteiger partial charge on any atom is 0.165 e. The fraction of sp³-hybridized carbons (Fsp3) is 0. The van der Waals surface area contributed by atoms with Gasteiger partial charge in [-0.25, -0.2) is 0 Å². The third kappa shape index (κ3) is 2.15. The lowest BCUT2D eigenvalue weighted by atomic mass is 10.4. The summed E-state index contributed by atoms with van der Waals surface area (Å²) in [6.07, 6.45) is 0. The summed E-state index contributed by atoms with van der Waals surface area (Å²) in [5.74, 6) is 0. The summed E-state index contributed by atoms with van der Waals surface area (Å²) in [6.45, 7) is 0. The molecule has 70 valence electrons. The standard InChI is InChI=1S/C12H10ClP/c13-14(11-7-3-1-4-8-11)12-9-5-2-6-10-12/h1-10H/p+1. The Morgan fingerprint density at radius 3 is 1.36 bits per heavy atom. The maximum absolute atomic E-state index is 6.43. The van der Waals surface area contributed by atoms with Gasteiger partial charge in [-0.2, -0.15) is 0 Å². The van der Waals surface area contributed by atoms with Gasteiger partial charge in [0.2, 0.25) is 0 Å². The van der Waals surface area contributed by atoms with E-state index in [2.05, 4.69) is 24.3 Å². The van der Waals surface area contributed by atoms with Gasteiger partial charge in [-0.15, -0.1) is 0 Å². The van der Waals surface area contributed by atoms with E-state index in [9.17, 15) is 0 Å². The van der Waals surface area contributed by atoms with Crippen molar-refractivity contribution >= 4 is 29.1 Å². The first-order valence-corrected chi connectivity index (χ1v) is 7.02. The van der Waals surface area contributed by atoms with Crippen molar-refractivity contribution in [3.63, 3.8) is 0 Å². The Balaban J connectivity index is 2.30. The van der Waals surface area contributed by atoms with Crippen molar-refractivity contribution in [3.8, 4) is 0 Å². The Labute approximate surface area is 90.1 Å². The van der Waals surface area contributed by atoms with E-state index in [1.54, 1.807) is 0 Å². The van der Waals surface area contributed by atoms with Gasteiger partial charge in [0.05, 0.1) is 11.2 Å². The van der Waals surface area contributed by atoms with Gasteiger partial charge in [0.1, 0.15) is 10.6 Å². The van der Waals surface area contributed by atoms with E-state index < -0.39 is 7.27 Å². The van der Waals surface area contributed by atoms with Gasteiger partial charge in [-0.1, -0.05) is 36.4 Å². The van der Waals surface area contributed by atoms with Gasteiger partial charge < -0.3 is 0 Å². The lowest BCUT2D eigenvalue weighted by Crippen LogP contribution is -2.06. The molecule has 14 heavy (non-hydrogen) atoms. The Morgan fingerprint density at radius 1 is 0.643 bits per heavy atom. The van der Waals surface area contributed by atoms with Crippen LogP contribution in [-0.4, -0.2) is 0 Å². The molecule has 0 saturated carbocycles. The lowest BCUT2D eigenvalue weighted by molar-refractivity contribution is 1.76. The molecule has 0 aliphatic heterocycles. The fourth-order valence-corrected chi connectivity index (χ4v) is 3.40. The summed E-state index contributed by atoms with van der Waals surface area (Å²) in [5, 5.41) is 2.48. The zero-order valence-electron chi connectivity index (χ0n) is 7.65. The van der Waals surface area contributed by atoms with Crippen molar-refractivity contribution in [3.05, 3.63) is 60.7 Å². The topological polar surface area (TPSA) is 0 Å². The molecule has 0 amide bonds. The quantitative estimate of drug-likeness (QED) is 0.684. The van der Waals surface area contributed by atoms with Crippen LogP contribution in [0.5, 0.6) is 0 Å². The minimum atomic E-state index is -1.07. The van der Waals surface area contributed by atoms with Crippen LogP contribution in [0, 0.1) is 0 Å². The van der Waals surface area contributed by atoms with Crippen LogP contribution >= 0.6 is 18.5 Å². The molecule has 0 heterocycles. The van der Waals surface area contributed by atoms with Crippen LogP contribution < -0.4 is 10.6 Å². The first kappa shape index (κ1) is 9.71. The molecule has 0 atom stereocenters. The van der Waals surface area contributed by atoms with Gasteiger partial charge >= 0.3 is 0 Å². The molecule has 2 rings (SSSR count). The molecule has 0 saturated heterocycles. The first-order chi connectivity index (χ1) is 6.88. The number of hydrogen-bond donors (Lipinski definition) is 0. The molecule has 0 radical (unpaired) electrons. The molecule has 0 nitrogen and oxygen atoms in total. The van der Waals surface area contributed by atoms with Crippen LogP contribution in [0.25, 0.3) is 0 Å². The van der Waals surface area contributed by atoms with Crippen molar-refractivity contribution in [1.82, 2.24) is 0 Å². The number of halogens is 1. The van der Waals surface area contributed by atoms with E-state index in [0.29, 0.717) is 0 Å². The fourth-order valence-electron chi connectivity index (χ4n) is 1.34. The van der Waals surface area contributed by atoms with Crippen LogP contribution in [0.3, 0.4) is 0 Å². The van der Waals surface area contributed by atoms with E-state index in [4.69, 9.17) is 11.2 Å². The Morgan fingerprint density at radius 2 is 1.00 bits per heavy atom. The summed E-state index contributed by atoms with van der Waals surface area (Å²) in [7, 11) is -1.07. The molecule has 0 spiro atoms. The lowest BCUT2D eigenvalue weighted by Gasteiger charge is -2.00. The number of hydrogen-bond acceptors (Lipinski definition) is 0. The van der Waals surface area contributed by atoms with Gasteiger partial charge in [0.15, 0.2) is 7.27 Å². The SMILES string of the molecule is Cl[PH+](c1ccccc1)c1ccccc1. The van der Waals surface area contributed by atoms with Crippen LogP contribution in [0.1, 0.15) is 0 Å². The Bertz CT molecular complexity index is 346. The zero-order chi connectivity index (χ0) is 9.80. The van der Waals surface area contributed by atoms with E-state index in [1.165, 1.54) is 10.6 Å². The van der Waals surface area contributed by atoms with E-state index in [1.807, 2.05) is 36.4 Å². The van der Waals surface area contributed by atoms with Crippen molar-refractivity contribution in [2.75, 3.05) is 0 Å². The maximum atomic E-state index is 6.43. The molecule has 0 bridgehead atoms. The summed E-state index contributed by atoms with van der Waals surface area (Å²) in [4.78, 5) is 0. The largest absolute Gasteiger partial charge is 0.165 e. The second kappa shape index (κ2) is 4.59. The highest BCUT2D eigenvalue weighted by atomic mass is 35.7. The normalized spacial score (nSPS) is 10.4. The van der Waals surface area contributed by atoms with E-state index in [0.717, 1.165) is 0 Å². The zero-order valence-corrected chi connectivity index (χ0v) is 9.41. The average Bonchev–Trinajstić information content (AvgIpc) is 2.30. The smallest absolute Gasteiger partial charge is 0.0620 e. The molecule has 2 aromatic rings. The third-order valence-electron chi connectivity index (χ3n) is 2.05. The Hall–Kier alpha value is -0.840. The predicted molar refractivity (Wildman–Crippen MR) is 66.3 cm³/mol. The number of rotatable bonds is 2. The minimum Gasteiger partial charge on any atom is -0.0620 e. The van der Waals surface area contributed by atoms with Crippen molar-refractivity contribution in [1.29, 1.82) is 0 Å². The molecule has 0 aliphatic carbocycles.